The predicted molar refractivity (Wildman–Crippen MR) is 89.7 cm³/mol. The zero-order valence-electron chi connectivity index (χ0n) is 13.5. The summed E-state index contributed by atoms with van der Waals surface area (Å²) in [5.41, 5.74) is 17.3. The Morgan fingerprint density at radius 1 is 1.04 bits per heavy atom. The molecule has 6 N–H and O–H groups in total. The van der Waals surface area contributed by atoms with Crippen LogP contribution in [0.15, 0.2) is 24.3 Å². The Balaban J connectivity index is 2.29. The monoisotopic (exact) mass is 321 g/mol. The molecule has 0 aliphatic heterocycles. The SMILES string of the molecule is NC(=O)CCCCCc1cccc(OCC(N)CCC(N)=O)c1. The Morgan fingerprint density at radius 2 is 1.78 bits per heavy atom. The molecule has 0 fully saturated rings. The first kappa shape index (κ1) is 19.0. The van der Waals surface area contributed by atoms with E-state index in [1.54, 1.807) is 0 Å². The van der Waals surface area contributed by atoms with Gasteiger partial charge in [0.25, 0.3) is 0 Å². The van der Waals surface area contributed by atoms with Crippen LogP contribution in [-0.2, 0) is 16.0 Å². The smallest absolute Gasteiger partial charge is 0.217 e. The van der Waals surface area contributed by atoms with Crippen LogP contribution in [0.25, 0.3) is 0 Å². The summed E-state index contributed by atoms with van der Waals surface area (Å²) in [4.78, 5) is 21.4. The van der Waals surface area contributed by atoms with Gasteiger partial charge in [-0.1, -0.05) is 18.6 Å². The summed E-state index contributed by atoms with van der Waals surface area (Å²) in [5, 5.41) is 0. The molecular formula is C17H27N3O3. The summed E-state index contributed by atoms with van der Waals surface area (Å²) >= 11 is 0. The third-order valence-electron chi connectivity index (χ3n) is 3.51. The van der Waals surface area contributed by atoms with Crippen LogP contribution in [0.2, 0.25) is 0 Å². The van der Waals surface area contributed by atoms with Crippen molar-refractivity contribution < 1.29 is 14.3 Å². The van der Waals surface area contributed by atoms with Gasteiger partial charge in [0, 0.05) is 18.9 Å². The van der Waals surface area contributed by atoms with Gasteiger partial charge in [0.1, 0.15) is 12.4 Å². The van der Waals surface area contributed by atoms with E-state index in [-0.39, 0.29) is 24.3 Å². The van der Waals surface area contributed by atoms with Crippen LogP contribution in [0.1, 0.15) is 44.1 Å². The molecule has 6 nitrogen and oxygen atoms in total. The van der Waals surface area contributed by atoms with Crippen molar-refractivity contribution in [1.82, 2.24) is 0 Å². The number of hydrogen-bond donors (Lipinski definition) is 3. The molecule has 0 aromatic heterocycles. The van der Waals surface area contributed by atoms with Crippen LogP contribution in [0.5, 0.6) is 5.75 Å². The molecule has 1 rings (SSSR count). The maximum Gasteiger partial charge on any atom is 0.217 e. The van der Waals surface area contributed by atoms with Crippen LogP contribution in [0, 0.1) is 0 Å². The average Bonchev–Trinajstić information content (AvgIpc) is 2.50. The molecule has 128 valence electrons. The molecule has 0 heterocycles. The molecule has 1 aromatic carbocycles. The molecule has 0 saturated heterocycles. The van der Waals surface area contributed by atoms with Gasteiger partial charge in [-0.2, -0.15) is 0 Å². The Bertz CT molecular complexity index is 506. The Morgan fingerprint density at radius 3 is 2.48 bits per heavy atom. The van der Waals surface area contributed by atoms with Gasteiger partial charge >= 0.3 is 0 Å². The fraction of sp³-hybridized carbons (Fsp3) is 0.529. The molecule has 1 unspecified atom stereocenters. The molecule has 1 aromatic rings. The number of nitrogens with two attached hydrogens (primary N) is 3. The van der Waals surface area contributed by atoms with Crippen molar-refractivity contribution in [3.63, 3.8) is 0 Å². The first-order valence-electron chi connectivity index (χ1n) is 8.01. The molecule has 0 radical (unpaired) electrons. The van der Waals surface area contributed by atoms with E-state index < -0.39 is 0 Å². The van der Waals surface area contributed by atoms with Gasteiger partial charge in [-0.05, 0) is 43.4 Å². The lowest BCUT2D eigenvalue weighted by molar-refractivity contribution is -0.119. The minimum Gasteiger partial charge on any atom is -0.492 e. The largest absolute Gasteiger partial charge is 0.492 e. The van der Waals surface area contributed by atoms with E-state index in [1.165, 1.54) is 5.56 Å². The summed E-state index contributed by atoms with van der Waals surface area (Å²) in [7, 11) is 0. The third kappa shape index (κ3) is 9.52. The van der Waals surface area contributed by atoms with Gasteiger partial charge in [0.2, 0.25) is 11.8 Å². The Hall–Kier alpha value is -2.08. The van der Waals surface area contributed by atoms with Crippen molar-refractivity contribution in [3.8, 4) is 5.75 Å². The van der Waals surface area contributed by atoms with Crippen molar-refractivity contribution in [2.45, 2.75) is 51.0 Å². The van der Waals surface area contributed by atoms with E-state index >= 15 is 0 Å². The number of rotatable bonds is 12. The second kappa shape index (κ2) is 10.6. The summed E-state index contributed by atoms with van der Waals surface area (Å²) in [6.07, 6.45) is 5.00. The summed E-state index contributed by atoms with van der Waals surface area (Å²) in [5.74, 6) is 0.181. The number of carbonyl (C=O) groups is 2. The number of carbonyl (C=O) groups excluding carboxylic acids is 2. The van der Waals surface area contributed by atoms with Crippen LogP contribution in [-0.4, -0.2) is 24.5 Å². The van der Waals surface area contributed by atoms with E-state index in [4.69, 9.17) is 21.9 Å². The van der Waals surface area contributed by atoms with Gasteiger partial charge in [0.05, 0.1) is 0 Å². The molecular weight excluding hydrogens is 294 g/mol. The van der Waals surface area contributed by atoms with E-state index in [0.29, 0.717) is 19.4 Å². The molecule has 2 amide bonds. The van der Waals surface area contributed by atoms with Crippen LogP contribution >= 0.6 is 0 Å². The first-order chi connectivity index (χ1) is 11.0. The van der Waals surface area contributed by atoms with E-state index in [9.17, 15) is 9.59 Å². The average molecular weight is 321 g/mol. The lowest BCUT2D eigenvalue weighted by Crippen LogP contribution is -2.29. The molecule has 23 heavy (non-hydrogen) atoms. The molecule has 0 aliphatic rings. The van der Waals surface area contributed by atoms with E-state index in [1.807, 2.05) is 24.3 Å². The molecule has 1 atom stereocenters. The van der Waals surface area contributed by atoms with Crippen molar-refractivity contribution in [3.05, 3.63) is 29.8 Å². The molecule has 0 saturated carbocycles. The highest BCUT2D eigenvalue weighted by atomic mass is 16.5. The summed E-state index contributed by atoms with van der Waals surface area (Å²) in [6.45, 7) is 0.356. The van der Waals surface area contributed by atoms with Gasteiger partial charge in [0.15, 0.2) is 0 Å². The van der Waals surface area contributed by atoms with Crippen LogP contribution in [0.4, 0.5) is 0 Å². The minimum atomic E-state index is -0.348. The van der Waals surface area contributed by atoms with Crippen molar-refractivity contribution >= 4 is 11.8 Å². The minimum absolute atomic E-state index is 0.208. The molecule has 0 spiro atoms. The first-order valence-corrected chi connectivity index (χ1v) is 8.01. The van der Waals surface area contributed by atoms with E-state index in [2.05, 4.69) is 0 Å². The van der Waals surface area contributed by atoms with E-state index in [0.717, 1.165) is 31.4 Å². The normalized spacial score (nSPS) is 11.9. The third-order valence-corrected chi connectivity index (χ3v) is 3.51. The number of amides is 2. The number of aryl methyl sites for hydroxylation is 1. The molecule has 0 bridgehead atoms. The lowest BCUT2D eigenvalue weighted by Gasteiger charge is -2.13. The predicted octanol–water partition coefficient (Wildman–Crippen LogP) is 1.25. The van der Waals surface area contributed by atoms with Gasteiger partial charge in [-0.3, -0.25) is 9.59 Å². The fourth-order valence-electron chi connectivity index (χ4n) is 2.21. The number of primary amides is 2. The number of benzene rings is 1. The van der Waals surface area contributed by atoms with Gasteiger partial charge < -0.3 is 21.9 Å². The van der Waals surface area contributed by atoms with Gasteiger partial charge in [-0.15, -0.1) is 0 Å². The standard InChI is InChI=1S/C17H27N3O3/c18-14(9-10-17(20)22)12-23-15-7-4-6-13(11-15)5-2-1-3-8-16(19)21/h4,6-7,11,14H,1-3,5,8-10,12,18H2,(H2,19,21)(H2,20,22). The van der Waals surface area contributed by atoms with Crippen molar-refractivity contribution in [2.75, 3.05) is 6.61 Å². The van der Waals surface area contributed by atoms with Crippen molar-refractivity contribution in [1.29, 1.82) is 0 Å². The van der Waals surface area contributed by atoms with Crippen LogP contribution < -0.4 is 21.9 Å². The second-order valence-electron chi connectivity index (χ2n) is 5.75. The zero-order valence-corrected chi connectivity index (χ0v) is 13.5. The maximum atomic E-state index is 10.7. The number of unbranched alkanes of at least 4 members (excludes halogenated alkanes) is 2. The molecule has 6 heteroatoms. The van der Waals surface area contributed by atoms with Crippen LogP contribution in [0.3, 0.4) is 0 Å². The van der Waals surface area contributed by atoms with Gasteiger partial charge in [-0.25, -0.2) is 0 Å². The maximum absolute atomic E-state index is 10.7. The number of hydrogen-bond acceptors (Lipinski definition) is 4. The summed E-state index contributed by atoms with van der Waals surface area (Å²) < 4.78 is 5.66. The fourth-order valence-corrected chi connectivity index (χ4v) is 2.21. The highest BCUT2D eigenvalue weighted by molar-refractivity contribution is 5.73. The highest BCUT2D eigenvalue weighted by Crippen LogP contribution is 2.16. The Kier molecular flexibility index (Phi) is 8.75. The summed E-state index contributed by atoms with van der Waals surface area (Å²) in [6, 6.07) is 7.67. The molecule has 0 aliphatic carbocycles. The zero-order chi connectivity index (χ0) is 17.1. The second-order valence-corrected chi connectivity index (χ2v) is 5.75. The van der Waals surface area contributed by atoms with Crippen molar-refractivity contribution in [2.24, 2.45) is 17.2 Å². The topological polar surface area (TPSA) is 121 Å². The quantitative estimate of drug-likeness (QED) is 0.501. The lowest BCUT2D eigenvalue weighted by atomic mass is 10.1. The highest BCUT2D eigenvalue weighted by Gasteiger charge is 2.06. The Labute approximate surface area is 137 Å². The number of ether oxygens (including phenoxy) is 1.